The summed E-state index contributed by atoms with van der Waals surface area (Å²) in [5.41, 5.74) is 0.641. The fourth-order valence-electron chi connectivity index (χ4n) is 2.00. The smallest absolute Gasteiger partial charge is 0.328 e. The largest absolute Gasteiger partial charge is 0.467 e. The molecule has 6 nitrogen and oxygen atoms in total. The molecule has 92 valence electrons. The Morgan fingerprint density at radius 2 is 2.35 bits per heavy atom. The standard InChI is InChI=1S/C11H14N2O4/c1-7-6-9(17-12-7)10(14)13-5-3-4-8(13)11(15)16-2/h6,8H,3-5H2,1-2H3/t8-/m1/s1. The summed E-state index contributed by atoms with van der Waals surface area (Å²) in [6, 6.07) is 1.06. The van der Waals surface area contributed by atoms with Gasteiger partial charge in [-0.05, 0) is 19.8 Å². The van der Waals surface area contributed by atoms with Crippen LogP contribution in [0.2, 0.25) is 0 Å². The average molecular weight is 238 g/mol. The summed E-state index contributed by atoms with van der Waals surface area (Å²) < 4.78 is 9.58. The van der Waals surface area contributed by atoms with Crippen molar-refractivity contribution in [2.75, 3.05) is 13.7 Å². The fraction of sp³-hybridized carbons (Fsp3) is 0.545. The highest BCUT2D eigenvalue weighted by atomic mass is 16.5. The number of likely N-dealkylation sites (tertiary alicyclic amines) is 1. The van der Waals surface area contributed by atoms with Crippen LogP contribution in [0.4, 0.5) is 0 Å². The van der Waals surface area contributed by atoms with Crippen LogP contribution in [0.5, 0.6) is 0 Å². The Bertz CT molecular complexity index is 440. The van der Waals surface area contributed by atoms with Crippen molar-refractivity contribution in [1.82, 2.24) is 10.1 Å². The number of ether oxygens (including phenoxy) is 1. The third-order valence-corrected chi connectivity index (χ3v) is 2.83. The number of esters is 1. The lowest BCUT2D eigenvalue weighted by Crippen LogP contribution is -2.40. The van der Waals surface area contributed by atoms with E-state index in [9.17, 15) is 9.59 Å². The van der Waals surface area contributed by atoms with Gasteiger partial charge in [0.15, 0.2) is 0 Å². The van der Waals surface area contributed by atoms with Crippen LogP contribution in [0.25, 0.3) is 0 Å². The second kappa shape index (κ2) is 4.57. The van der Waals surface area contributed by atoms with Gasteiger partial charge in [-0.2, -0.15) is 0 Å². The maximum absolute atomic E-state index is 12.1. The molecule has 1 atom stereocenters. The summed E-state index contributed by atoms with van der Waals surface area (Å²) in [4.78, 5) is 25.1. The summed E-state index contributed by atoms with van der Waals surface area (Å²) in [6.45, 7) is 2.28. The summed E-state index contributed by atoms with van der Waals surface area (Å²) in [7, 11) is 1.32. The minimum Gasteiger partial charge on any atom is -0.467 e. The van der Waals surface area contributed by atoms with Gasteiger partial charge in [0.2, 0.25) is 5.76 Å². The van der Waals surface area contributed by atoms with Gasteiger partial charge in [0.25, 0.3) is 5.91 Å². The summed E-state index contributed by atoms with van der Waals surface area (Å²) in [6.07, 6.45) is 1.42. The topological polar surface area (TPSA) is 72.6 Å². The first kappa shape index (κ1) is 11.6. The third kappa shape index (κ3) is 2.15. The van der Waals surface area contributed by atoms with Crippen LogP contribution in [-0.2, 0) is 9.53 Å². The molecular weight excluding hydrogens is 224 g/mol. The lowest BCUT2D eigenvalue weighted by atomic mass is 10.2. The van der Waals surface area contributed by atoms with Gasteiger partial charge in [0, 0.05) is 12.6 Å². The average Bonchev–Trinajstić information content (AvgIpc) is 2.95. The van der Waals surface area contributed by atoms with Crippen molar-refractivity contribution in [1.29, 1.82) is 0 Å². The number of nitrogens with zero attached hydrogens (tertiary/aromatic N) is 2. The van der Waals surface area contributed by atoms with Crippen molar-refractivity contribution in [3.05, 3.63) is 17.5 Å². The van der Waals surface area contributed by atoms with Gasteiger partial charge in [-0.25, -0.2) is 4.79 Å². The van der Waals surface area contributed by atoms with Gasteiger partial charge in [0.05, 0.1) is 12.8 Å². The monoisotopic (exact) mass is 238 g/mol. The van der Waals surface area contributed by atoms with Crippen LogP contribution in [0, 0.1) is 6.92 Å². The van der Waals surface area contributed by atoms with Crippen molar-refractivity contribution in [2.45, 2.75) is 25.8 Å². The molecule has 1 aromatic rings. The van der Waals surface area contributed by atoms with Gasteiger partial charge >= 0.3 is 5.97 Å². The molecule has 2 heterocycles. The molecule has 0 aromatic carbocycles. The van der Waals surface area contributed by atoms with Crippen molar-refractivity contribution < 1.29 is 18.8 Å². The van der Waals surface area contributed by atoms with E-state index in [-0.39, 0.29) is 17.6 Å². The van der Waals surface area contributed by atoms with Crippen LogP contribution >= 0.6 is 0 Å². The molecule has 0 aliphatic carbocycles. The number of hydrogen-bond donors (Lipinski definition) is 0. The van der Waals surface area contributed by atoms with E-state index in [0.717, 1.165) is 6.42 Å². The zero-order valence-electron chi connectivity index (χ0n) is 9.80. The summed E-state index contributed by atoms with van der Waals surface area (Å²) >= 11 is 0. The molecule has 1 fully saturated rings. The SMILES string of the molecule is COC(=O)[C@H]1CCCN1C(=O)c1cc(C)no1. The minimum atomic E-state index is -0.502. The van der Waals surface area contributed by atoms with E-state index in [0.29, 0.717) is 18.7 Å². The molecule has 1 saturated heterocycles. The number of carbonyl (C=O) groups excluding carboxylic acids is 2. The number of hydrogen-bond acceptors (Lipinski definition) is 5. The van der Waals surface area contributed by atoms with Gasteiger partial charge in [-0.15, -0.1) is 0 Å². The van der Waals surface area contributed by atoms with E-state index < -0.39 is 6.04 Å². The molecule has 1 aromatic heterocycles. The van der Waals surface area contributed by atoms with Crippen LogP contribution < -0.4 is 0 Å². The Morgan fingerprint density at radius 1 is 1.59 bits per heavy atom. The Balaban J connectivity index is 2.16. The van der Waals surface area contributed by atoms with Crippen molar-refractivity contribution in [2.24, 2.45) is 0 Å². The van der Waals surface area contributed by atoms with E-state index >= 15 is 0 Å². The second-order valence-corrected chi connectivity index (χ2v) is 4.01. The molecule has 2 rings (SSSR count). The first-order valence-electron chi connectivity index (χ1n) is 5.45. The Labute approximate surface area is 98.5 Å². The van der Waals surface area contributed by atoms with Crippen molar-refractivity contribution >= 4 is 11.9 Å². The van der Waals surface area contributed by atoms with Gasteiger partial charge in [-0.1, -0.05) is 5.16 Å². The number of methoxy groups -OCH3 is 1. The highest BCUT2D eigenvalue weighted by Gasteiger charge is 2.36. The molecule has 6 heteroatoms. The molecule has 0 N–H and O–H groups in total. The fourth-order valence-corrected chi connectivity index (χ4v) is 2.00. The molecule has 0 spiro atoms. The quantitative estimate of drug-likeness (QED) is 0.711. The summed E-state index contributed by atoms with van der Waals surface area (Å²) in [5.74, 6) is -0.524. The van der Waals surface area contributed by atoms with E-state index in [1.807, 2.05) is 0 Å². The predicted octanol–water partition coefficient (Wildman–Crippen LogP) is 0.761. The molecule has 1 amide bonds. The van der Waals surface area contributed by atoms with Gasteiger partial charge < -0.3 is 14.2 Å². The summed E-state index contributed by atoms with van der Waals surface area (Å²) in [5, 5.41) is 3.66. The maximum Gasteiger partial charge on any atom is 0.328 e. The maximum atomic E-state index is 12.1. The van der Waals surface area contributed by atoms with E-state index in [1.165, 1.54) is 12.0 Å². The molecule has 17 heavy (non-hydrogen) atoms. The van der Waals surface area contributed by atoms with Gasteiger partial charge in [-0.3, -0.25) is 4.79 Å². The molecular formula is C11H14N2O4. The number of aromatic nitrogens is 1. The first-order valence-corrected chi connectivity index (χ1v) is 5.45. The molecule has 0 saturated carbocycles. The van der Waals surface area contributed by atoms with Crippen LogP contribution in [-0.4, -0.2) is 41.6 Å². The van der Waals surface area contributed by atoms with Crippen LogP contribution in [0.1, 0.15) is 29.1 Å². The molecule has 1 aliphatic heterocycles. The third-order valence-electron chi connectivity index (χ3n) is 2.83. The number of amides is 1. The number of carbonyl (C=O) groups is 2. The van der Waals surface area contributed by atoms with E-state index in [2.05, 4.69) is 9.89 Å². The zero-order chi connectivity index (χ0) is 12.4. The molecule has 0 radical (unpaired) electrons. The minimum absolute atomic E-state index is 0.165. The lowest BCUT2D eigenvalue weighted by Gasteiger charge is -2.20. The number of rotatable bonds is 2. The molecule has 0 bridgehead atoms. The second-order valence-electron chi connectivity index (χ2n) is 4.01. The zero-order valence-corrected chi connectivity index (χ0v) is 9.80. The Hall–Kier alpha value is -1.85. The lowest BCUT2D eigenvalue weighted by molar-refractivity contribution is -0.145. The first-order chi connectivity index (χ1) is 8.13. The van der Waals surface area contributed by atoms with Crippen molar-refractivity contribution in [3.63, 3.8) is 0 Å². The highest BCUT2D eigenvalue weighted by Crippen LogP contribution is 2.21. The molecule has 1 aliphatic rings. The van der Waals surface area contributed by atoms with Crippen molar-refractivity contribution in [3.8, 4) is 0 Å². The Morgan fingerprint density at radius 3 is 2.94 bits per heavy atom. The van der Waals surface area contributed by atoms with Crippen LogP contribution in [0.15, 0.2) is 10.6 Å². The highest BCUT2D eigenvalue weighted by molar-refractivity contribution is 5.94. The molecule has 0 unspecified atom stereocenters. The normalized spacial score (nSPS) is 19.4. The predicted molar refractivity (Wildman–Crippen MR) is 57.3 cm³/mol. The van der Waals surface area contributed by atoms with Crippen LogP contribution in [0.3, 0.4) is 0 Å². The number of aryl methyl sites for hydroxylation is 1. The van der Waals surface area contributed by atoms with E-state index in [4.69, 9.17) is 4.52 Å². The Kier molecular flexibility index (Phi) is 3.12. The van der Waals surface area contributed by atoms with Gasteiger partial charge in [0.1, 0.15) is 6.04 Å². The van der Waals surface area contributed by atoms with E-state index in [1.54, 1.807) is 13.0 Å².